The van der Waals surface area contributed by atoms with Crippen LogP contribution >= 0.6 is 12.2 Å². The molecule has 86 valence electrons. The van der Waals surface area contributed by atoms with Crippen molar-refractivity contribution in [2.45, 2.75) is 20.0 Å². The van der Waals surface area contributed by atoms with Crippen molar-refractivity contribution in [3.63, 3.8) is 0 Å². The fourth-order valence-electron chi connectivity index (χ4n) is 1.14. The third-order valence-electron chi connectivity index (χ3n) is 1.66. The van der Waals surface area contributed by atoms with Crippen LogP contribution in [-0.2, 0) is 0 Å². The van der Waals surface area contributed by atoms with Gasteiger partial charge in [-0.05, 0) is 44.3 Å². The summed E-state index contributed by atoms with van der Waals surface area (Å²) in [4.78, 5) is 0. The first-order chi connectivity index (χ1) is 7.58. The summed E-state index contributed by atoms with van der Waals surface area (Å²) < 4.78 is 5.56. The molecule has 0 saturated heterocycles. The summed E-state index contributed by atoms with van der Waals surface area (Å²) >= 11 is 4.65. The van der Waals surface area contributed by atoms with Gasteiger partial charge in [0.25, 0.3) is 0 Å². The topological polar surface area (TPSA) is 61.2 Å². The van der Waals surface area contributed by atoms with Gasteiger partial charge in [-0.2, -0.15) is 0 Å². The van der Waals surface area contributed by atoms with Crippen molar-refractivity contribution >= 4 is 23.5 Å². The van der Waals surface area contributed by atoms with E-state index in [1.165, 1.54) is 0 Å². The summed E-state index contributed by atoms with van der Waals surface area (Å²) in [5.41, 5.74) is 8.86. The lowest BCUT2D eigenvalue weighted by atomic mass is 10.2. The van der Waals surface area contributed by atoms with Gasteiger partial charge in [-0.3, -0.25) is 0 Å². The molecule has 0 atom stereocenters. The summed E-state index contributed by atoms with van der Waals surface area (Å²) in [6, 6.07) is 7.71. The number of ether oxygens (including phenoxy) is 1. The Balaban J connectivity index is 2.67. The standard InChI is InChI=1S/C11H15N3OS/c1-8(2)15-10-5-3-4-9(6-10)7-13-14-11(12)16/h3-8H,1-2H3,(H3,12,14,16)/p+1. The number of hydrogen-bond donors (Lipinski definition) is 3. The van der Waals surface area contributed by atoms with Crippen molar-refractivity contribution in [2.75, 3.05) is 0 Å². The summed E-state index contributed by atoms with van der Waals surface area (Å²) in [7, 11) is 0. The van der Waals surface area contributed by atoms with Crippen LogP contribution in [0.2, 0.25) is 0 Å². The van der Waals surface area contributed by atoms with Gasteiger partial charge in [0.05, 0.1) is 6.10 Å². The Kier molecular flexibility index (Phi) is 4.72. The monoisotopic (exact) mass is 238 g/mol. The summed E-state index contributed by atoms with van der Waals surface area (Å²) in [5.74, 6) is 0.834. The molecule has 1 aromatic carbocycles. The van der Waals surface area contributed by atoms with Crippen LogP contribution in [0.1, 0.15) is 19.4 Å². The van der Waals surface area contributed by atoms with E-state index in [0.717, 1.165) is 11.3 Å². The molecule has 0 radical (unpaired) electrons. The molecule has 0 bridgehead atoms. The molecule has 1 aromatic rings. The Morgan fingerprint density at radius 1 is 1.56 bits per heavy atom. The highest BCUT2D eigenvalue weighted by Gasteiger charge is 1.99. The van der Waals surface area contributed by atoms with Crippen molar-refractivity contribution < 1.29 is 9.84 Å². The van der Waals surface area contributed by atoms with E-state index in [1.807, 2.05) is 38.1 Å². The molecule has 0 spiro atoms. The maximum atomic E-state index is 5.56. The zero-order chi connectivity index (χ0) is 12.0. The molecule has 16 heavy (non-hydrogen) atoms. The lowest BCUT2D eigenvalue weighted by Gasteiger charge is -2.08. The number of thiocarbonyl (C=S) groups is 1. The quantitative estimate of drug-likeness (QED) is 0.384. The molecule has 4 N–H and O–H groups in total. The van der Waals surface area contributed by atoms with Gasteiger partial charge in [0.1, 0.15) is 5.75 Å². The van der Waals surface area contributed by atoms with E-state index < -0.39 is 0 Å². The molecule has 5 heteroatoms. The Morgan fingerprint density at radius 2 is 2.31 bits per heavy atom. The van der Waals surface area contributed by atoms with Gasteiger partial charge in [-0.25, -0.2) is 0 Å². The van der Waals surface area contributed by atoms with Crippen LogP contribution in [0.3, 0.4) is 0 Å². The molecule has 0 amide bonds. The fraction of sp³-hybridized carbons (Fsp3) is 0.273. The molecular weight excluding hydrogens is 222 g/mol. The highest BCUT2D eigenvalue weighted by atomic mass is 32.1. The number of hydrogen-bond acceptors (Lipinski definition) is 2. The molecule has 0 saturated carbocycles. The van der Waals surface area contributed by atoms with E-state index in [0.29, 0.717) is 0 Å². The number of hydrazone groups is 1. The normalized spacial score (nSPS) is 10.7. The number of nitrogens with one attached hydrogen (secondary N) is 2. The summed E-state index contributed by atoms with van der Waals surface area (Å²) in [6.45, 7) is 3.98. The Labute approximate surface area is 100 Å². The minimum atomic E-state index is 0.165. The highest BCUT2D eigenvalue weighted by Crippen LogP contribution is 2.12. The van der Waals surface area contributed by atoms with Crippen LogP contribution in [0.5, 0.6) is 5.75 Å². The summed E-state index contributed by atoms with van der Waals surface area (Å²) in [5, 5.41) is 2.98. The van der Waals surface area contributed by atoms with Crippen LogP contribution in [0.4, 0.5) is 0 Å². The van der Waals surface area contributed by atoms with Gasteiger partial charge in [0.15, 0.2) is 6.21 Å². The zero-order valence-corrected chi connectivity index (χ0v) is 10.2. The lowest BCUT2D eigenvalue weighted by Crippen LogP contribution is -2.82. The molecule has 1 rings (SSSR count). The average Bonchev–Trinajstić information content (AvgIpc) is 2.16. The van der Waals surface area contributed by atoms with Crippen LogP contribution in [0.25, 0.3) is 0 Å². The second kappa shape index (κ2) is 6.07. The molecule has 0 heterocycles. The van der Waals surface area contributed by atoms with Crippen molar-refractivity contribution in [3.8, 4) is 5.75 Å². The zero-order valence-electron chi connectivity index (χ0n) is 9.36. The van der Waals surface area contributed by atoms with Gasteiger partial charge >= 0.3 is 0 Å². The second-order valence-electron chi connectivity index (χ2n) is 3.52. The van der Waals surface area contributed by atoms with Gasteiger partial charge in [-0.15, -0.1) is 10.5 Å². The predicted octanol–water partition coefficient (Wildman–Crippen LogP) is -0.278. The van der Waals surface area contributed by atoms with Crippen LogP contribution in [0, 0.1) is 0 Å². The van der Waals surface area contributed by atoms with Gasteiger partial charge in [-0.1, -0.05) is 6.07 Å². The lowest BCUT2D eigenvalue weighted by molar-refractivity contribution is -0.499. The minimum absolute atomic E-state index is 0.165. The van der Waals surface area contributed by atoms with Crippen molar-refractivity contribution in [1.29, 1.82) is 0 Å². The van der Waals surface area contributed by atoms with Gasteiger partial charge in [0, 0.05) is 5.56 Å². The maximum absolute atomic E-state index is 5.56. The van der Waals surface area contributed by atoms with Crippen LogP contribution < -0.4 is 21.0 Å². The van der Waals surface area contributed by atoms with E-state index in [1.54, 1.807) is 6.21 Å². The predicted molar refractivity (Wildman–Crippen MR) is 68.3 cm³/mol. The maximum Gasteiger partial charge on any atom is 0.221 e. The summed E-state index contributed by atoms with van der Waals surface area (Å²) in [6.07, 6.45) is 1.92. The Bertz CT molecular complexity index is 391. The molecule has 0 aliphatic rings. The first kappa shape index (κ1) is 12.4. The molecule has 0 aromatic heterocycles. The second-order valence-corrected chi connectivity index (χ2v) is 3.96. The average molecular weight is 238 g/mol. The van der Waals surface area contributed by atoms with E-state index in [2.05, 4.69) is 22.7 Å². The van der Waals surface area contributed by atoms with E-state index in [4.69, 9.17) is 10.5 Å². The fourth-order valence-corrected chi connectivity index (χ4v) is 1.20. The Hall–Kier alpha value is -1.62. The first-order valence-electron chi connectivity index (χ1n) is 4.99. The van der Waals surface area contributed by atoms with E-state index in [9.17, 15) is 0 Å². The van der Waals surface area contributed by atoms with Crippen molar-refractivity contribution in [1.82, 2.24) is 5.43 Å². The molecule has 0 aliphatic carbocycles. The van der Waals surface area contributed by atoms with E-state index >= 15 is 0 Å². The van der Waals surface area contributed by atoms with Crippen LogP contribution in [-0.4, -0.2) is 17.4 Å². The number of hydrazine groups is 1. The molecule has 0 aliphatic heterocycles. The third kappa shape index (κ3) is 4.75. The van der Waals surface area contributed by atoms with Crippen molar-refractivity contribution in [3.05, 3.63) is 29.8 Å². The minimum Gasteiger partial charge on any atom is -0.491 e. The van der Waals surface area contributed by atoms with Crippen LogP contribution in [0.15, 0.2) is 24.3 Å². The van der Waals surface area contributed by atoms with Gasteiger partial charge < -0.3 is 10.5 Å². The number of nitrogens with two attached hydrogens (primary N) is 1. The third-order valence-corrected chi connectivity index (χ3v) is 1.77. The Morgan fingerprint density at radius 3 is 2.94 bits per heavy atom. The SMILES string of the molecule is CC(C)Oc1cccc(C=[NH+]NC(N)=S)c1. The molecule has 4 nitrogen and oxygen atoms in total. The molecule has 0 unspecified atom stereocenters. The van der Waals surface area contributed by atoms with E-state index in [-0.39, 0.29) is 11.2 Å². The van der Waals surface area contributed by atoms with Crippen molar-refractivity contribution in [2.24, 2.45) is 5.73 Å². The number of benzene rings is 1. The number of rotatable bonds is 4. The first-order valence-corrected chi connectivity index (χ1v) is 5.39. The van der Waals surface area contributed by atoms with Gasteiger partial charge in [0.2, 0.25) is 5.11 Å². The molecular formula is C11H16N3OS+. The highest BCUT2D eigenvalue weighted by molar-refractivity contribution is 7.80. The molecule has 0 fully saturated rings. The smallest absolute Gasteiger partial charge is 0.221 e. The largest absolute Gasteiger partial charge is 0.491 e.